The van der Waals surface area contributed by atoms with Crippen molar-refractivity contribution in [1.82, 2.24) is 0 Å². The van der Waals surface area contributed by atoms with Crippen LogP contribution in [0, 0.1) is 25.5 Å². The molecule has 3 rings (SSSR count). The molecule has 2 aromatic carbocycles. The summed E-state index contributed by atoms with van der Waals surface area (Å²) in [5.41, 5.74) is 9.66. The van der Waals surface area contributed by atoms with E-state index in [1.165, 1.54) is 18.2 Å². The largest absolute Gasteiger partial charge is 0.318 e. The van der Waals surface area contributed by atoms with Crippen LogP contribution in [0.4, 0.5) is 8.78 Å². The number of rotatable bonds is 1. The molecule has 0 spiro atoms. The molecule has 104 valence electrons. The first-order valence-electron chi connectivity index (χ1n) is 6.77. The summed E-state index contributed by atoms with van der Waals surface area (Å²) in [6.45, 7) is 3.74. The lowest BCUT2D eigenvalue weighted by molar-refractivity contribution is 0.487. The van der Waals surface area contributed by atoms with E-state index in [1.807, 2.05) is 19.9 Å². The first kappa shape index (κ1) is 13.3. The highest BCUT2D eigenvalue weighted by Gasteiger charge is 2.39. The first-order valence-corrected chi connectivity index (χ1v) is 6.77. The van der Waals surface area contributed by atoms with Gasteiger partial charge in [-0.15, -0.1) is 0 Å². The van der Waals surface area contributed by atoms with Gasteiger partial charge in [-0.05, 0) is 67.1 Å². The average Bonchev–Trinajstić information content (AvgIpc) is 2.65. The van der Waals surface area contributed by atoms with Gasteiger partial charge in [-0.25, -0.2) is 8.78 Å². The lowest BCUT2D eigenvalue weighted by Crippen LogP contribution is -2.37. The van der Waals surface area contributed by atoms with E-state index in [-0.39, 0.29) is 11.6 Å². The number of halogens is 2. The van der Waals surface area contributed by atoms with Crippen LogP contribution >= 0.6 is 0 Å². The van der Waals surface area contributed by atoms with E-state index in [1.54, 1.807) is 6.07 Å². The minimum absolute atomic E-state index is 0.269. The lowest BCUT2D eigenvalue weighted by Gasteiger charge is -2.28. The Labute approximate surface area is 117 Å². The highest BCUT2D eigenvalue weighted by Crippen LogP contribution is 2.42. The van der Waals surface area contributed by atoms with Gasteiger partial charge in [-0.2, -0.15) is 0 Å². The molecule has 0 saturated heterocycles. The lowest BCUT2D eigenvalue weighted by atomic mass is 9.82. The fourth-order valence-electron chi connectivity index (χ4n) is 3.41. The number of benzene rings is 2. The van der Waals surface area contributed by atoms with Crippen LogP contribution in [0.15, 0.2) is 30.3 Å². The molecule has 1 aliphatic carbocycles. The summed E-state index contributed by atoms with van der Waals surface area (Å²) in [6, 6.07) is 8.04. The molecule has 0 fully saturated rings. The van der Waals surface area contributed by atoms with Gasteiger partial charge in [0.25, 0.3) is 0 Å². The third kappa shape index (κ3) is 1.85. The van der Waals surface area contributed by atoms with Gasteiger partial charge in [0, 0.05) is 5.56 Å². The first-order chi connectivity index (χ1) is 9.41. The third-order valence-electron chi connectivity index (χ3n) is 4.21. The molecule has 20 heavy (non-hydrogen) atoms. The summed E-state index contributed by atoms with van der Waals surface area (Å²) in [7, 11) is 0. The molecule has 2 aromatic rings. The standard InChI is InChI=1S/C17H17F2N/c1-10-7-11(2)16(15(19)8-10)17(20)6-5-12-9-13(18)3-4-14(12)17/h3-4,7-9H,5-6,20H2,1-2H3. The topological polar surface area (TPSA) is 26.0 Å². The van der Waals surface area contributed by atoms with Crippen molar-refractivity contribution in [3.63, 3.8) is 0 Å². The Morgan fingerprint density at radius 2 is 1.85 bits per heavy atom. The summed E-state index contributed by atoms with van der Waals surface area (Å²) in [5.74, 6) is -0.545. The van der Waals surface area contributed by atoms with Crippen LogP contribution in [0.25, 0.3) is 0 Å². The van der Waals surface area contributed by atoms with E-state index >= 15 is 0 Å². The molecule has 1 nitrogen and oxygen atoms in total. The minimum Gasteiger partial charge on any atom is -0.318 e. The van der Waals surface area contributed by atoms with Gasteiger partial charge in [0.15, 0.2) is 0 Å². The van der Waals surface area contributed by atoms with E-state index in [0.717, 1.165) is 22.3 Å². The highest BCUT2D eigenvalue weighted by molar-refractivity contribution is 5.50. The van der Waals surface area contributed by atoms with Crippen LogP contribution in [0.5, 0.6) is 0 Å². The van der Waals surface area contributed by atoms with Crippen molar-refractivity contribution >= 4 is 0 Å². The van der Waals surface area contributed by atoms with Crippen LogP contribution in [-0.2, 0) is 12.0 Å². The Kier molecular flexibility index (Phi) is 2.91. The van der Waals surface area contributed by atoms with Crippen molar-refractivity contribution in [2.24, 2.45) is 5.73 Å². The molecule has 1 aliphatic rings. The summed E-state index contributed by atoms with van der Waals surface area (Å²) >= 11 is 0. The minimum atomic E-state index is -0.856. The molecule has 0 aromatic heterocycles. The van der Waals surface area contributed by atoms with Crippen LogP contribution in [-0.4, -0.2) is 0 Å². The molecule has 2 N–H and O–H groups in total. The normalized spacial score (nSPS) is 21.1. The van der Waals surface area contributed by atoms with Gasteiger partial charge in [0.1, 0.15) is 11.6 Å². The average molecular weight is 273 g/mol. The van der Waals surface area contributed by atoms with Gasteiger partial charge in [-0.1, -0.05) is 12.1 Å². The van der Waals surface area contributed by atoms with Gasteiger partial charge in [0.2, 0.25) is 0 Å². The van der Waals surface area contributed by atoms with Crippen molar-refractivity contribution < 1.29 is 8.78 Å². The van der Waals surface area contributed by atoms with Crippen LogP contribution in [0.3, 0.4) is 0 Å². The van der Waals surface area contributed by atoms with Crippen LogP contribution in [0.1, 0.15) is 34.2 Å². The predicted molar refractivity (Wildman–Crippen MR) is 75.6 cm³/mol. The van der Waals surface area contributed by atoms with Crippen molar-refractivity contribution in [3.05, 3.63) is 69.8 Å². The maximum Gasteiger partial charge on any atom is 0.129 e. The molecule has 1 unspecified atom stereocenters. The van der Waals surface area contributed by atoms with Crippen molar-refractivity contribution in [1.29, 1.82) is 0 Å². The van der Waals surface area contributed by atoms with Crippen molar-refractivity contribution in [3.8, 4) is 0 Å². The highest BCUT2D eigenvalue weighted by atomic mass is 19.1. The molecule has 0 aliphatic heterocycles. The zero-order chi connectivity index (χ0) is 14.5. The van der Waals surface area contributed by atoms with Gasteiger partial charge in [-0.3, -0.25) is 0 Å². The van der Waals surface area contributed by atoms with Crippen molar-refractivity contribution in [2.45, 2.75) is 32.2 Å². The van der Waals surface area contributed by atoms with Crippen LogP contribution < -0.4 is 5.73 Å². The Balaban J connectivity index is 2.22. The predicted octanol–water partition coefficient (Wildman–Crippen LogP) is 3.73. The number of nitrogens with two attached hydrogens (primary N) is 1. The third-order valence-corrected chi connectivity index (χ3v) is 4.21. The fourth-order valence-corrected chi connectivity index (χ4v) is 3.41. The SMILES string of the molecule is Cc1cc(C)c(C2(N)CCc3cc(F)ccc32)c(F)c1. The summed E-state index contributed by atoms with van der Waals surface area (Å²) < 4.78 is 27.7. The van der Waals surface area contributed by atoms with Crippen molar-refractivity contribution in [2.75, 3.05) is 0 Å². The molecule has 0 saturated carbocycles. The Hall–Kier alpha value is -1.74. The molecule has 1 atom stereocenters. The molecule has 0 heterocycles. The maximum atomic E-state index is 14.4. The maximum absolute atomic E-state index is 14.4. The second kappa shape index (κ2) is 4.38. The van der Waals surface area contributed by atoms with Crippen LogP contribution in [0.2, 0.25) is 0 Å². The van der Waals surface area contributed by atoms with Gasteiger partial charge in [0.05, 0.1) is 5.54 Å². The van der Waals surface area contributed by atoms with E-state index in [0.29, 0.717) is 18.4 Å². The number of aryl methyl sites for hydroxylation is 3. The Bertz CT molecular complexity index is 670. The zero-order valence-corrected chi connectivity index (χ0v) is 11.6. The van der Waals surface area contributed by atoms with Gasteiger partial charge < -0.3 is 5.73 Å². The summed E-state index contributed by atoms with van der Waals surface area (Å²) in [6.07, 6.45) is 1.28. The second-order valence-electron chi connectivity index (χ2n) is 5.71. The molecule has 0 amide bonds. The molecule has 0 bridgehead atoms. The number of hydrogen-bond donors (Lipinski definition) is 1. The Morgan fingerprint density at radius 3 is 2.55 bits per heavy atom. The smallest absolute Gasteiger partial charge is 0.129 e. The summed E-state index contributed by atoms with van der Waals surface area (Å²) in [4.78, 5) is 0. The molecule has 0 radical (unpaired) electrons. The monoisotopic (exact) mass is 273 g/mol. The van der Waals surface area contributed by atoms with E-state index < -0.39 is 5.54 Å². The number of fused-ring (bicyclic) bond motifs is 1. The molecule has 3 heteroatoms. The Morgan fingerprint density at radius 1 is 1.10 bits per heavy atom. The second-order valence-corrected chi connectivity index (χ2v) is 5.71. The van der Waals surface area contributed by atoms with E-state index in [2.05, 4.69) is 0 Å². The molecular weight excluding hydrogens is 256 g/mol. The summed E-state index contributed by atoms with van der Waals surface area (Å²) in [5, 5.41) is 0. The van der Waals surface area contributed by atoms with E-state index in [4.69, 9.17) is 5.73 Å². The quantitative estimate of drug-likeness (QED) is 0.841. The molecular formula is C17H17F2N. The number of hydrogen-bond acceptors (Lipinski definition) is 1. The fraction of sp³-hybridized carbons (Fsp3) is 0.294. The van der Waals surface area contributed by atoms with Gasteiger partial charge >= 0.3 is 0 Å². The zero-order valence-electron chi connectivity index (χ0n) is 11.6. The van der Waals surface area contributed by atoms with E-state index in [9.17, 15) is 8.78 Å².